The quantitative estimate of drug-likeness (QED) is 0.519. The van der Waals surface area contributed by atoms with E-state index in [9.17, 15) is 4.57 Å². The molecule has 6 heteroatoms. The van der Waals surface area contributed by atoms with Crippen molar-refractivity contribution in [3.63, 3.8) is 0 Å². The van der Waals surface area contributed by atoms with E-state index < -0.39 is 7.82 Å². The van der Waals surface area contributed by atoms with Crippen LogP contribution in [0.15, 0.2) is 0 Å². The van der Waals surface area contributed by atoms with E-state index in [4.69, 9.17) is 9.79 Å². The molecule has 0 fully saturated rings. The van der Waals surface area contributed by atoms with Crippen LogP contribution in [-0.2, 0) is 9.09 Å². The summed E-state index contributed by atoms with van der Waals surface area (Å²) in [6.45, 7) is 4.26. The van der Waals surface area contributed by atoms with Gasteiger partial charge in [0.2, 0.25) is 0 Å². The van der Waals surface area contributed by atoms with E-state index in [0.29, 0.717) is 0 Å². The number of unbranched alkanes of at least 4 members (excludes halogenated alkanes) is 1. The molecule has 0 aromatic carbocycles. The van der Waals surface area contributed by atoms with Gasteiger partial charge in [0.1, 0.15) is 0 Å². The zero-order chi connectivity index (χ0) is 10.3. The molecule has 0 saturated carbocycles. The van der Waals surface area contributed by atoms with Crippen molar-refractivity contribution in [1.82, 2.24) is 0 Å². The summed E-state index contributed by atoms with van der Waals surface area (Å²) in [7, 11) is -4.26. The molecule has 0 aromatic rings. The molecule has 0 aliphatic carbocycles. The first-order valence-electron chi connectivity index (χ1n) is 4.69. The molecule has 0 aliphatic rings. The molecule has 1 unspecified atom stereocenters. The van der Waals surface area contributed by atoms with Crippen molar-refractivity contribution < 1.29 is 18.9 Å². The van der Waals surface area contributed by atoms with Crippen molar-refractivity contribution in [1.29, 1.82) is 0 Å². The summed E-state index contributed by atoms with van der Waals surface area (Å²) in [6, 6.07) is 0. The van der Waals surface area contributed by atoms with E-state index in [-0.39, 0.29) is 42.1 Å². The monoisotopic (exact) mass is 234 g/mol. The third-order valence-corrected chi connectivity index (χ3v) is 2.51. The van der Waals surface area contributed by atoms with Crippen LogP contribution in [0.25, 0.3) is 0 Å². The predicted octanol–water partition coefficient (Wildman–Crippen LogP) is 1.66. The molecule has 2 N–H and O–H groups in total. The van der Waals surface area contributed by atoms with Crippen LogP contribution >= 0.6 is 7.82 Å². The Morgan fingerprint density at radius 3 is 2.29 bits per heavy atom. The standard InChI is InChI=1S/C8H19O4P.Na.H/c1-3-5-6-8(4-2)7-12-13(9,10)11;;/h8H,3-7H2,1-2H3,(H2,9,10,11);;. The van der Waals surface area contributed by atoms with Gasteiger partial charge in [0, 0.05) is 0 Å². The second-order valence-corrected chi connectivity index (χ2v) is 4.44. The molecule has 82 valence electrons. The number of hydrogen-bond acceptors (Lipinski definition) is 2. The van der Waals surface area contributed by atoms with Crippen molar-refractivity contribution in [2.75, 3.05) is 6.61 Å². The van der Waals surface area contributed by atoms with Crippen molar-refractivity contribution >= 4 is 37.4 Å². The number of phosphoric acid groups is 1. The summed E-state index contributed by atoms with van der Waals surface area (Å²) in [5.74, 6) is 0.271. The van der Waals surface area contributed by atoms with Gasteiger partial charge in [-0.25, -0.2) is 4.57 Å². The Bertz CT molecular complexity index is 171. The van der Waals surface area contributed by atoms with Gasteiger partial charge < -0.3 is 9.79 Å². The zero-order valence-electron chi connectivity index (χ0n) is 8.27. The van der Waals surface area contributed by atoms with Crippen LogP contribution in [0.4, 0.5) is 0 Å². The van der Waals surface area contributed by atoms with E-state index in [1.165, 1.54) is 0 Å². The first-order chi connectivity index (χ1) is 5.99. The van der Waals surface area contributed by atoms with E-state index >= 15 is 0 Å². The molecule has 0 aromatic heterocycles. The Labute approximate surface area is 108 Å². The fourth-order valence-corrected chi connectivity index (χ4v) is 1.51. The third kappa shape index (κ3) is 11.2. The zero-order valence-corrected chi connectivity index (χ0v) is 9.17. The molecule has 0 saturated heterocycles. The molecule has 0 aliphatic heterocycles. The van der Waals surface area contributed by atoms with Gasteiger partial charge in [-0.1, -0.05) is 33.1 Å². The van der Waals surface area contributed by atoms with E-state index in [1.807, 2.05) is 6.92 Å². The maximum atomic E-state index is 10.4. The van der Waals surface area contributed by atoms with Crippen molar-refractivity contribution in [2.24, 2.45) is 5.92 Å². The Morgan fingerprint density at radius 1 is 1.36 bits per heavy atom. The van der Waals surface area contributed by atoms with Crippen molar-refractivity contribution in [3.8, 4) is 0 Å². The molecule has 0 rings (SSSR count). The fourth-order valence-electron chi connectivity index (χ4n) is 1.10. The molecule has 0 spiro atoms. The van der Waals surface area contributed by atoms with Crippen LogP contribution < -0.4 is 0 Å². The Kier molecular flexibility index (Phi) is 11.7. The van der Waals surface area contributed by atoms with Gasteiger partial charge in [0.25, 0.3) is 0 Å². The summed E-state index contributed by atoms with van der Waals surface area (Å²) in [5, 5.41) is 0. The normalized spacial score (nSPS) is 13.4. The predicted molar refractivity (Wildman–Crippen MR) is 58.5 cm³/mol. The topological polar surface area (TPSA) is 66.8 Å². The summed E-state index contributed by atoms with van der Waals surface area (Å²) in [4.78, 5) is 17.0. The Balaban J connectivity index is 0. The van der Waals surface area contributed by atoms with E-state index in [0.717, 1.165) is 25.7 Å². The Morgan fingerprint density at radius 2 is 1.93 bits per heavy atom. The van der Waals surface area contributed by atoms with Crippen molar-refractivity contribution in [2.45, 2.75) is 39.5 Å². The average Bonchev–Trinajstić information content (AvgIpc) is 2.03. The molecule has 0 bridgehead atoms. The van der Waals surface area contributed by atoms with Gasteiger partial charge in [-0.2, -0.15) is 0 Å². The SMILES string of the molecule is CCCCC(CC)COP(=O)(O)O.[NaH]. The van der Waals surface area contributed by atoms with Crippen LogP contribution in [-0.4, -0.2) is 46.0 Å². The van der Waals surface area contributed by atoms with Crippen molar-refractivity contribution in [3.05, 3.63) is 0 Å². The van der Waals surface area contributed by atoms with Crippen LogP contribution in [0.1, 0.15) is 39.5 Å². The summed E-state index contributed by atoms with van der Waals surface area (Å²) >= 11 is 0. The minimum absolute atomic E-state index is 0. The summed E-state index contributed by atoms with van der Waals surface area (Å²) in [5.41, 5.74) is 0. The average molecular weight is 234 g/mol. The van der Waals surface area contributed by atoms with Crippen LogP contribution in [0.2, 0.25) is 0 Å². The molecule has 0 amide bonds. The molecule has 1 atom stereocenters. The fraction of sp³-hybridized carbons (Fsp3) is 1.00. The van der Waals surface area contributed by atoms with Crippen LogP contribution in [0, 0.1) is 5.92 Å². The van der Waals surface area contributed by atoms with Gasteiger partial charge in [0.05, 0.1) is 6.61 Å². The number of hydrogen-bond donors (Lipinski definition) is 2. The van der Waals surface area contributed by atoms with Gasteiger partial charge >= 0.3 is 37.4 Å². The molecule has 4 nitrogen and oxygen atoms in total. The number of rotatable bonds is 7. The first-order valence-corrected chi connectivity index (χ1v) is 6.22. The molecule has 0 radical (unpaired) electrons. The summed E-state index contributed by atoms with van der Waals surface area (Å²) in [6.07, 6.45) is 4.07. The van der Waals surface area contributed by atoms with Crippen LogP contribution in [0.5, 0.6) is 0 Å². The van der Waals surface area contributed by atoms with Gasteiger partial charge in [-0.05, 0) is 12.3 Å². The van der Waals surface area contributed by atoms with Gasteiger partial charge in [-0.3, -0.25) is 4.52 Å². The Hall–Kier alpha value is 1.11. The molecule has 14 heavy (non-hydrogen) atoms. The second-order valence-electron chi connectivity index (χ2n) is 3.20. The van der Waals surface area contributed by atoms with E-state index in [1.54, 1.807) is 0 Å². The third-order valence-electron chi connectivity index (χ3n) is 2.02. The van der Waals surface area contributed by atoms with E-state index in [2.05, 4.69) is 11.4 Å². The van der Waals surface area contributed by atoms with Gasteiger partial charge in [0.15, 0.2) is 0 Å². The maximum absolute atomic E-state index is 10.4. The van der Waals surface area contributed by atoms with Gasteiger partial charge in [-0.15, -0.1) is 0 Å². The molecule has 0 heterocycles. The summed E-state index contributed by atoms with van der Waals surface area (Å²) < 4.78 is 14.8. The first kappa shape index (κ1) is 17.5. The second kappa shape index (κ2) is 9.34. The minimum atomic E-state index is -4.26. The number of phosphoric ester groups is 1. The molecular formula is C8H20NaO4P. The molecular weight excluding hydrogens is 214 g/mol. The van der Waals surface area contributed by atoms with Crippen LogP contribution in [0.3, 0.4) is 0 Å².